The Kier molecular flexibility index (Phi) is 4.86. The SMILES string of the molecule is CCOC1CC(N(C)C(=O)c2ccc(C#N)cn2)C12CCCCC2. The van der Waals surface area contributed by atoms with Crippen LogP contribution in [0.3, 0.4) is 0 Å². The van der Waals surface area contributed by atoms with Crippen molar-refractivity contribution in [2.75, 3.05) is 13.7 Å². The van der Waals surface area contributed by atoms with Crippen molar-refractivity contribution in [1.29, 1.82) is 5.26 Å². The highest BCUT2D eigenvalue weighted by Crippen LogP contribution is 2.55. The number of carbonyl (C=O) groups is 1. The van der Waals surface area contributed by atoms with E-state index in [1.165, 1.54) is 25.5 Å². The van der Waals surface area contributed by atoms with Crippen LogP contribution >= 0.6 is 0 Å². The Hall–Kier alpha value is -1.93. The first-order valence-corrected chi connectivity index (χ1v) is 8.87. The molecule has 2 aliphatic carbocycles. The fraction of sp³-hybridized carbons (Fsp3) is 0.632. The molecule has 2 saturated carbocycles. The molecule has 5 heteroatoms. The Morgan fingerprint density at radius 2 is 2.17 bits per heavy atom. The topological polar surface area (TPSA) is 66.2 Å². The highest BCUT2D eigenvalue weighted by molar-refractivity contribution is 5.92. The number of hydrogen-bond acceptors (Lipinski definition) is 4. The smallest absolute Gasteiger partial charge is 0.272 e. The minimum atomic E-state index is -0.0654. The van der Waals surface area contributed by atoms with Crippen molar-refractivity contribution >= 4 is 5.91 Å². The molecule has 2 unspecified atom stereocenters. The van der Waals surface area contributed by atoms with Crippen LogP contribution in [0.25, 0.3) is 0 Å². The summed E-state index contributed by atoms with van der Waals surface area (Å²) in [5, 5.41) is 8.86. The molecule has 5 nitrogen and oxygen atoms in total. The molecular weight excluding hydrogens is 302 g/mol. The molecule has 1 aromatic rings. The monoisotopic (exact) mass is 327 g/mol. The lowest BCUT2D eigenvalue weighted by atomic mass is 9.54. The third kappa shape index (κ3) is 2.80. The van der Waals surface area contributed by atoms with Gasteiger partial charge in [0, 0.05) is 31.3 Å². The fourth-order valence-corrected chi connectivity index (χ4v) is 4.48. The third-order valence-corrected chi connectivity index (χ3v) is 5.79. The van der Waals surface area contributed by atoms with Gasteiger partial charge in [0.2, 0.25) is 0 Å². The molecule has 0 radical (unpaired) electrons. The van der Waals surface area contributed by atoms with E-state index in [0.717, 1.165) is 25.9 Å². The van der Waals surface area contributed by atoms with Crippen molar-refractivity contribution in [3.05, 3.63) is 29.6 Å². The molecule has 0 aromatic carbocycles. The van der Waals surface area contributed by atoms with Gasteiger partial charge in [0.05, 0.1) is 11.7 Å². The molecule has 128 valence electrons. The molecule has 1 aromatic heterocycles. The first kappa shape index (κ1) is 16.9. The average molecular weight is 327 g/mol. The van der Waals surface area contributed by atoms with Gasteiger partial charge in [0.15, 0.2) is 0 Å². The molecule has 0 aliphatic heterocycles. The minimum absolute atomic E-state index is 0.0654. The van der Waals surface area contributed by atoms with E-state index in [-0.39, 0.29) is 23.5 Å². The van der Waals surface area contributed by atoms with Crippen LogP contribution in [0, 0.1) is 16.7 Å². The summed E-state index contributed by atoms with van der Waals surface area (Å²) in [6.45, 7) is 2.77. The van der Waals surface area contributed by atoms with Crippen molar-refractivity contribution in [1.82, 2.24) is 9.88 Å². The van der Waals surface area contributed by atoms with E-state index >= 15 is 0 Å². The van der Waals surface area contributed by atoms with E-state index in [9.17, 15) is 4.79 Å². The van der Waals surface area contributed by atoms with Gasteiger partial charge in [-0.25, -0.2) is 4.98 Å². The zero-order chi connectivity index (χ0) is 17.2. The van der Waals surface area contributed by atoms with Gasteiger partial charge in [-0.15, -0.1) is 0 Å². The fourth-order valence-electron chi connectivity index (χ4n) is 4.48. The summed E-state index contributed by atoms with van der Waals surface area (Å²) < 4.78 is 5.98. The van der Waals surface area contributed by atoms with Crippen LogP contribution < -0.4 is 0 Å². The Bertz CT molecular complexity index is 629. The van der Waals surface area contributed by atoms with Gasteiger partial charge < -0.3 is 9.64 Å². The molecule has 0 saturated heterocycles. The second kappa shape index (κ2) is 6.90. The van der Waals surface area contributed by atoms with Crippen LogP contribution in [0.1, 0.15) is 61.5 Å². The van der Waals surface area contributed by atoms with Gasteiger partial charge in [-0.1, -0.05) is 19.3 Å². The summed E-state index contributed by atoms with van der Waals surface area (Å²) in [4.78, 5) is 18.8. The second-order valence-corrected chi connectivity index (χ2v) is 6.95. The largest absolute Gasteiger partial charge is 0.378 e. The standard InChI is InChI=1S/C19H25N3O2/c1-3-24-17-11-16(19(17)9-5-4-6-10-19)22(2)18(23)15-8-7-14(12-20)13-21-15/h7-8,13,16-17H,3-6,9-11H2,1-2H3. The Balaban J connectivity index is 1.76. The Labute approximate surface area is 143 Å². The number of rotatable bonds is 4. The van der Waals surface area contributed by atoms with Crippen LogP contribution in [0.4, 0.5) is 0 Å². The molecule has 0 N–H and O–H groups in total. The van der Waals surface area contributed by atoms with Crippen molar-refractivity contribution in [2.45, 2.75) is 57.6 Å². The average Bonchev–Trinajstić information content (AvgIpc) is 2.64. The first-order valence-electron chi connectivity index (χ1n) is 8.87. The van der Waals surface area contributed by atoms with Gasteiger partial charge in [-0.05, 0) is 38.3 Å². The summed E-state index contributed by atoms with van der Waals surface area (Å²) in [5.41, 5.74) is 0.992. The minimum Gasteiger partial charge on any atom is -0.378 e. The molecule has 3 rings (SSSR count). The summed E-state index contributed by atoms with van der Waals surface area (Å²) in [6, 6.07) is 5.54. The summed E-state index contributed by atoms with van der Waals surface area (Å²) >= 11 is 0. The van der Waals surface area contributed by atoms with E-state index in [1.54, 1.807) is 12.1 Å². The van der Waals surface area contributed by atoms with Crippen LogP contribution in [-0.4, -0.2) is 41.6 Å². The number of aromatic nitrogens is 1. The zero-order valence-electron chi connectivity index (χ0n) is 14.5. The molecule has 2 aliphatic rings. The van der Waals surface area contributed by atoms with Gasteiger partial charge in [-0.2, -0.15) is 5.26 Å². The van der Waals surface area contributed by atoms with Crippen molar-refractivity contribution in [2.24, 2.45) is 5.41 Å². The lowest BCUT2D eigenvalue weighted by Gasteiger charge is -2.60. The van der Waals surface area contributed by atoms with Crippen molar-refractivity contribution in [3.63, 3.8) is 0 Å². The van der Waals surface area contributed by atoms with Crippen molar-refractivity contribution in [3.8, 4) is 6.07 Å². The van der Waals surface area contributed by atoms with Gasteiger partial charge in [0.1, 0.15) is 11.8 Å². The quantitative estimate of drug-likeness (QED) is 0.852. The molecule has 0 bridgehead atoms. The maximum Gasteiger partial charge on any atom is 0.272 e. The maximum absolute atomic E-state index is 12.8. The number of hydrogen-bond donors (Lipinski definition) is 0. The first-order chi connectivity index (χ1) is 11.6. The van der Waals surface area contributed by atoms with Crippen LogP contribution in [0.15, 0.2) is 18.3 Å². The summed E-state index contributed by atoms with van der Waals surface area (Å²) in [7, 11) is 1.88. The molecule has 24 heavy (non-hydrogen) atoms. The maximum atomic E-state index is 12.8. The zero-order valence-corrected chi connectivity index (χ0v) is 14.5. The second-order valence-electron chi connectivity index (χ2n) is 6.95. The summed E-state index contributed by atoms with van der Waals surface area (Å²) in [5.74, 6) is -0.0654. The van der Waals surface area contributed by atoms with E-state index in [0.29, 0.717) is 11.3 Å². The Morgan fingerprint density at radius 1 is 1.42 bits per heavy atom. The van der Waals surface area contributed by atoms with Crippen LogP contribution in [-0.2, 0) is 4.74 Å². The van der Waals surface area contributed by atoms with Gasteiger partial charge in [0.25, 0.3) is 5.91 Å². The van der Waals surface area contributed by atoms with Gasteiger partial charge in [-0.3, -0.25) is 4.79 Å². The van der Waals surface area contributed by atoms with Crippen molar-refractivity contribution < 1.29 is 9.53 Å². The number of amides is 1. The number of carbonyl (C=O) groups excluding carboxylic acids is 1. The molecule has 2 atom stereocenters. The summed E-state index contributed by atoms with van der Waals surface area (Å²) in [6.07, 6.45) is 8.64. The highest BCUT2D eigenvalue weighted by atomic mass is 16.5. The Morgan fingerprint density at radius 3 is 2.75 bits per heavy atom. The molecule has 1 spiro atoms. The lowest BCUT2D eigenvalue weighted by molar-refractivity contribution is -0.170. The number of pyridine rings is 1. The normalized spacial score (nSPS) is 24.9. The molecule has 1 amide bonds. The predicted molar refractivity (Wildman–Crippen MR) is 90.4 cm³/mol. The number of nitrogens with zero attached hydrogens (tertiary/aromatic N) is 3. The highest BCUT2D eigenvalue weighted by Gasteiger charge is 2.57. The number of ether oxygens (including phenoxy) is 1. The van der Waals surface area contributed by atoms with E-state index in [4.69, 9.17) is 10.00 Å². The molecular formula is C19H25N3O2. The number of nitriles is 1. The third-order valence-electron chi connectivity index (χ3n) is 5.79. The van der Waals surface area contributed by atoms with Crippen LogP contribution in [0.2, 0.25) is 0 Å². The van der Waals surface area contributed by atoms with E-state index in [1.807, 2.05) is 24.9 Å². The lowest BCUT2D eigenvalue weighted by Crippen LogP contribution is -2.65. The predicted octanol–water partition coefficient (Wildman–Crippen LogP) is 3.15. The van der Waals surface area contributed by atoms with E-state index in [2.05, 4.69) is 4.98 Å². The molecule has 1 heterocycles. The van der Waals surface area contributed by atoms with Gasteiger partial charge >= 0.3 is 0 Å². The van der Waals surface area contributed by atoms with E-state index < -0.39 is 0 Å². The van der Waals surface area contributed by atoms with Crippen LogP contribution in [0.5, 0.6) is 0 Å². The molecule has 2 fully saturated rings.